The Bertz CT molecular complexity index is 1260. The van der Waals surface area contributed by atoms with E-state index in [-0.39, 0.29) is 16.7 Å². The average molecular weight is 485 g/mol. The van der Waals surface area contributed by atoms with Crippen molar-refractivity contribution in [1.82, 2.24) is 19.8 Å². The van der Waals surface area contributed by atoms with Gasteiger partial charge in [-0.2, -0.15) is 0 Å². The quantitative estimate of drug-likeness (QED) is 0.408. The normalized spacial score (nSPS) is 17.1. The zero-order valence-corrected chi connectivity index (χ0v) is 20.7. The molecule has 1 saturated carbocycles. The van der Waals surface area contributed by atoms with E-state index in [0.29, 0.717) is 28.0 Å². The smallest absolute Gasteiger partial charge is 0.267 e. The molecule has 5 rings (SSSR count). The summed E-state index contributed by atoms with van der Waals surface area (Å²) in [6, 6.07) is 7.73. The van der Waals surface area contributed by atoms with Gasteiger partial charge in [0.2, 0.25) is 5.91 Å². The molecule has 1 aliphatic carbocycles. The molecule has 33 heavy (non-hydrogen) atoms. The average Bonchev–Trinajstić information content (AvgIpc) is 3.56. The fourth-order valence-corrected chi connectivity index (χ4v) is 6.40. The van der Waals surface area contributed by atoms with E-state index in [9.17, 15) is 9.59 Å². The Morgan fingerprint density at radius 1 is 1.39 bits per heavy atom. The number of benzene rings is 1. The van der Waals surface area contributed by atoms with Crippen molar-refractivity contribution in [3.05, 3.63) is 45.1 Å². The van der Waals surface area contributed by atoms with E-state index in [1.54, 1.807) is 23.0 Å². The van der Waals surface area contributed by atoms with Gasteiger partial charge in [-0.25, -0.2) is 4.98 Å². The van der Waals surface area contributed by atoms with Crippen molar-refractivity contribution >= 4 is 39.2 Å². The molecule has 3 aromatic rings. The minimum atomic E-state index is -0.364. The highest BCUT2D eigenvalue weighted by atomic mass is 32.2. The van der Waals surface area contributed by atoms with Crippen LogP contribution in [-0.2, 0) is 17.8 Å². The number of hydrogen-bond acceptors (Lipinski definition) is 7. The van der Waals surface area contributed by atoms with E-state index in [4.69, 9.17) is 9.72 Å². The van der Waals surface area contributed by atoms with Gasteiger partial charge in [-0.05, 0) is 50.4 Å². The van der Waals surface area contributed by atoms with Crippen molar-refractivity contribution in [1.29, 1.82) is 0 Å². The third-order valence-electron chi connectivity index (χ3n) is 6.26. The highest BCUT2D eigenvalue weighted by molar-refractivity contribution is 8.00. The van der Waals surface area contributed by atoms with Crippen LogP contribution in [0, 0.1) is 0 Å². The van der Waals surface area contributed by atoms with Crippen molar-refractivity contribution in [2.24, 2.45) is 0 Å². The van der Waals surface area contributed by atoms with Crippen molar-refractivity contribution < 1.29 is 9.53 Å². The third kappa shape index (κ3) is 4.41. The van der Waals surface area contributed by atoms with Gasteiger partial charge in [-0.15, -0.1) is 11.3 Å². The molecule has 0 bridgehead atoms. The summed E-state index contributed by atoms with van der Waals surface area (Å²) in [5.41, 5.74) is 1.75. The number of nitrogens with one attached hydrogen (secondary N) is 1. The number of thioether (sulfide) groups is 1. The molecule has 2 aromatic heterocycles. The van der Waals surface area contributed by atoms with E-state index in [1.807, 2.05) is 31.2 Å². The summed E-state index contributed by atoms with van der Waals surface area (Å²) in [6.45, 7) is 6.82. The number of methoxy groups -OCH3 is 1. The van der Waals surface area contributed by atoms with Crippen LogP contribution in [0.5, 0.6) is 5.75 Å². The van der Waals surface area contributed by atoms with Crippen LogP contribution in [0.1, 0.15) is 37.1 Å². The third-order valence-corrected chi connectivity index (χ3v) is 8.42. The number of fused-ring (bicyclic) bond motifs is 3. The number of hydrogen-bond donors (Lipinski definition) is 1. The molecule has 174 valence electrons. The lowest BCUT2D eigenvalue weighted by atomic mass is 10.1. The monoisotopic (exact) mass is 484 g/mol. The first-order valence-electron chi connectivity index (χ1n) is 11.4. The Morgan fingerprint density at radius 3 is 2.94 bits per heavy atom. The van der Waals surface area contributed by atoms with Crippen molar-refractivity contribution in [2.45, 2.75) is 56.1 Å². The first-order valence-corrected chi connectivity index (χ1v) is 13.1. The number of likely N-dealkylation sites (N-methyl/N-ethyl adjacent to an activating group) is 1. The van der Waals surface area contributed by atoms with Gasteiger partial charge in [-0.1, -0.05) is 24.8 Å². The van der Waals surface area contributed by atoms with Gasteiger partial charge in [0.25, 0.3) is 5.56 Å². The molecule has 1 atom stereocenters. The number of carbonyl (C=O) groups is 1. The molecule has 0 radical (unpaired) electrons. The highest BCUT2D eigenvalue weighted by Gasteiger charge is 2.29. The number of amides is 1. The molecule has 3 heterocycles. The molecule has 0 spiro atoms. The van der Waals surface area contributed by atoms with Crippen LogP contribution in [0.2, 0.25) is 0 Å². The Hall–Kier alpha value is -2.36. The second kappa shape index (κ2) is 9.12. The molecular weight excluding hydrogens is 456 g/mol. The number of thiophene rings is 1. The van der Waals surface area contributed by atoms with E-state index in [0.717, 1.165) is 49.3 Å². The summed E-state index contributed by atoms with van der Waals surface area (Å²) >= 11 is 2.94. The minimum absolute atomic E-state index is 0.0156. The fourth-order valence-electron chi connectivity index (χ4n) is 4.16. The topological polar surface area (TPSA) is 76.5 Å². The Morgan fingerprint density at radius 2 is 2.21 bits per heavy atom. The summed E-state index contributed by atoms with van der Waals surface area (Å²) < 4.78 is 7.05. The van der Waals surface area contributed by atoms with Crippen LogP contribution in [-0.4, -0.2) is 51.8 Å². The molecule has 1 aromatic carbocycles. The first kappa shape index (κ1) is 22.4. The van der Waals surface area contributed by atoms with Gasteiger partial charge in [0.1, 0.15) is 10.6 Å². The zero-order chi connectivity index (χ0) is 23.1. The second-order valence-electron chi connectivity index (χ2n) is 8.58. The number of ether oxygens (including phenoxy) is 1. The first-order chi connectivity index (χ1) is 16.0. The highest BCUT2D eigenvalue weighted by Crippen LogP contribution is 2.35. The second-order valence-corrected chi connectivity index (χ2v) is 11.0. The molecule has 1 aliphatic heterocycles. The van der Waals surface area contributed by atoms with Gasteiger partial charge in [0.15, 0.2) is 5.16 Å². The Labute approximate surface area is 201 Å². The molecule has 1 N–H and O–H groups in total. The van der Waals surface area contributed by atoms with Crippen molar-refractivity contribution in [2.75, 3.05) is 20.2 Å². The standard InChI is InChI=1S/C24H28N4O3S2/c1-4-27-11-10-18-19(13-27)33-22-20(18)23(30)28(16-6-5-7-17(12-16)31-3)24(26-22)32-14(2)21(29)25-15-8-9-15/h5-7,12,14-15H,4,8-11,13H2,1-3H3,(H,25,29). The predicted molar refractivity (Wildman–Crippen MR) is 133 cm³/mol. The summed E-state index contributed by atoms with van der Waals surface area (Å²) in [7, 11) is 1.61. The SMILES string of the molecule is CCN1CCc2c(sc3nc(SC(C)C(=O)NC4CC4)n(-c4cccc(OC)c4)c(=O)c23)C1. The molecule has 1 fully saturated rings. The fraction of sp³-hybridized carbons (Fsp3) is 0.458. The molecule has 1 unspecified atom stereocenters. The Kier molecular flexibility index (Phi) is 6.20. The molecule has 1 amide bonds. The van der Waals surface area contributed by atoms with Crippen molar-refractivity contribution in [3.63, 3.8) is 0 Å². The van der Waals surface area contributed by atoms with Crippen LogP contribution in [0.3, 0.4) is 0 Å². The molecule has 0 saturated heterocycles. The summed E-state index contributed by atoms with van der Waals surface area (Å²) in [6.07, 6.45) is 2.93. The number of nitrogens with zero attached hydrogens (tertiary/aromatic N) is 3. The van der Waals surface area contributed by atoms with E-state index < -0.39 is 0 Å². The lowest BCUT2D eigenvalue weighted by molar-refractivity contribution is -0.120. The summed E-state index contributed by atoms with van der Waals surface area (Å²) in [5.74, 6) is 0.652. The number of aromatic nitrogens is 2. The Balaban J connectivity index is 1.63. The van der Waals surface area contributed by atoms with Crippen LogP contribution < -0.4 is 15.6 Å². The maximum Gasteiger partial charge on any atom is 0.267 e. The van der Waals surface area contributed by atoms with Gasteiger partial charge in [-0.3, -0.25) is 19.1 Å². The van der Waals surface area contributed by atoms with Gasteiger partial charge >= 0.3 is 0 Å². The minimum Gasteiger partial charge on any atom is -0.497 e. The molecule has 2 aliphatic rings. The molecular formula is C24H28N4O3S2. The van der Waals surface area contributed by atoms with Crippen LogP contribution in [0.15, 0.2) is 34.2 Å². The lowest BCUT2D eigenvalue weighted by Gasteiger charge is -2.25. The maximum atomic E-state index is 13.9. The molecule has 7 nitrogen and oxygen atoms in total. The van der Waals surface area contributed by atoms with Crippen molar-refractivity contribution in [3.8, 4) is 11.4 Å². The largest absolute Gasteiger partial charge is 0.497 e. The zero-order valence-electron chi connectivity index (χ0n) is 19.1. The van der Waals surface area contributed by atoms with Crippen LogP contribution >= 0.6 is 23.1 Å². The van der Waals surface area contributed by atoms with Crippen LogP contribution in [0.25, 0.3) is 15.9 Å². The maximum absolute atomic E-state index is 13.9. The van der Waals surface area contributed by atoms with E-state index >= 15 is 0 Å². The van der Waals surface area contributed by atoms with Gasteiger partial charge in [0, 0.05) is 30.1 Å². The molecule has 9 heteroatoms. The van der Waals surface area contributed by atoms with Crippen LogP contribution in [0.4, 0.5) is 0 Å². The summed E-state index contributed by atoms with van der Waals surface area (Å²) in [5, 5.41) is 3.94. The van der Waals surface area contributed by atoms with Gasteiger partial charge in [0.05, 0.1) is 23.4 Å². The lowest BCUT2D eigenvalue weighted by Crippen LogP contribution is -2.33. The van der Waals surface area contributed by atoms with Gasteiger partial charge < -0.3 is 10.1 Å². The van der Waals surface area contributed by atoms with E-state index in [1.165, 1.54) is 16.6 Å². The predicted octanol–water partition coefficient (Wildman–Crippen LogP) is 3.59. The van der Waals surface area contributed by atoms with E-state index in [2.05, 4.69) is 17.1 Å². The number of carbonyl (C=O) groups excluding carboxylic acids is 1. The number of rotatable bonds is 7. The summed E-state index contributed by atoms with van der Waals surface area (Å²) in [4.78, 5) is 35.9.